The molecule has 3 rings (SSSR count). The smallest absolute Gasteiger partial charge is 0.258 e. The van der Waals surface area contributed by atoms with Gasteiger partial charge in [0.1, 0.15) is 5.00 Å². The molecule has 0 saturated carbocycles. The predicted molar refractivity (Wildman–Crippen MR) is 80.2 cm³/mol. The van der Waals surface area contributed by atoms with Crippen molar-refractivity contribution in [3.63, 3.8) is 0 Å². The fourth-order valence-electron chi connectivity index (χ4n) is 2.33. The molecular formula is C14H17N3O2S. The molecule has 1 aliphatic heterocycles. The largest absolute Gasteiger partial charge is 0.378 e. The van der Waals surface area contributed by atoms with Crippen molar-refractivity contribution in [1.29, 1.82) is 0 Å². The van der Waals surface area contributed by atoms with Crippen LogP contribution in [0.5, 0.6) is 0 Å². The van der Waals surface area contributed by atoms with Gasteiger partial charge in [0, 0.05) is 24.8 Å². The zero-order valence-corrected chi connectivity index (χ0v) is 12.4. The molecule has 6 heteroatoms. The lowest BCUT2D eigenvalue weighted by molar-refractivity contribution is 0.122. The maximum absolute atomic E-state index is 12.2. The standard InChI is InChI=1S/C14H17N3O2S/c1-10-7-11(2)13(18)17(9-10)12-8-15-14(20-12)16-3-5-19-6-4-16/h7-9H,3-6H2,1-2H3. The van der Waals surface area contributed by atoms with Gasteiger partial charge in [0.25, 0.3) is 5.56 Å². The first kappa shape index (κ1) is 13.3. The summed E-state index contributed by atoms with van der Waals surface area (Å²) in [6.45, 7) is 7.02. The summed E-state index contributed by atoms with van der Waals surface area (Å²) in [5.74, 6) is 0. The lowest BCUT2D eigenvalue weighted by Crippen LogP contribution is -2.36. The number of morpholine rings is 1. The van der Waals surface area contributed by atoms with E-state index in [0.717, 1.165) is 47.6 Å². The third-order valence-electron chi connectivity index (χ3n) is 3.33. The van der Waals surface area contributed by atoms with E-state index in [9.17, 15) is 4.79 Å². The van der Waals surface area contributed by atoms with Crippen LogP contribution in [-0.2, 0) is 4.74 Å². The van der Waals surface area contributed by atoms with Crippen molar-refractivity contribution < 1.29 is 4.74 Å². The highest BCUT2D eigenvalue weighted by Crippen LogP contribution is 2.25. The monoisotopic (exact) mass is 291 g/mol. The summed E-state index contributed by atoms with van der Waals surface area (Å²) in [6, 6.07) is 1.91. The quantitative estimate of drug-likeness (QED) is 0.846. The minimum Gasteiger partial charge on any atom is -0.378 e. The van der Waals surface area contributed by atoms with E-state index in [1.165, 1.54) is 0 Å². The van der Waals surface area contributed by atoms with Gasteiger partial charge in [-0.25, -0.2) is 4.98 Å². The molecule has 2 aromatic heterocycles. The number of nitrogens with zero attached hydrogens (tertiary/aromatic N) is 3. The van der Waals surface area contributed by atoms with E-state index in [4.69, 9.17) is 4.74 Å². The average Bonchev–Trinajstić information content (AvgIpc) is 2.93. The lowest BCUT2D eigenvalue weighted by atomic mass is 10.2. The van der Waals surface area contributed by atoms with Gasteiger partial charge >= 0.3 is 0 Å². The molecule has 0 aromatic carbocycles. The van der Waals surface area contributed by atoms with Gasteiger partial charge in [-0.1, -0.05) is 11.3 Å². The van der Waals surface area contributed by atoms with E-state index in [-0.39, 0.29) is 5.56 Å². The molecule has 20 heavy (non-hydrogen) atoms. The fraction of sp³-hybridized carbons (Fsp3) is 0.429. The zero-order valence-electron chi connectivity index (χ0n) is 11.6. The highest BCUT2D eigenvalue weighted by molar-refractivity contribution is 7.18. The Bertz CT molecular complexity index is 671. The number of aryl methyl sites for hydroxylation is 2. The summed E-state index contributed by atoms with van der Waals surface area (Å²) >= 11 is 1.55. The zero-order chi connectivity index (χ0) is 14.1. The second-order valence-electron chi connectivity index (χ2n) is 4.96. The van der Waals surface area contributed by atoms with Crippen LogP contribution < -0.4 is 10.5 Å². The molecule has 1 fully saturated rings. The maximum Gasteiger partial charge on any atom is 0.258 e. The first-order chi connectivity index (χ1) is 9.65. The summed E-state index contributed by atoms with van der Waals surface area (Å²) < 4.78 is 7.03. The van der Waals surface area contributed by atoms with Crippen LogP contribution in [0.4, 0.5) is 5.13 Å². The van der Waals surface area contributed by atoms with Crippen molar-refractivity contribution in [2.75, 3.05) is 31.2 Å². The van der Waals surface area contributed by atoms with Crippen LogP contribution in [0, 0.1) is 13.8 Å². The van der Waals surface area contributed by atoms with Crippen molar-refractivity contribution in [1.82, 2.24) is 9.55 Å². The van der Waals surface area contributed by atoms with Crippen molar-refractivity contribution in [2.24, 2.45) is 0 Å². The summed E-state index contributed by atoms with van der Waals surface area (Å²) in [4.78, 5) is 18.9. The number of hydrogen-bond donors (Lipinski definition) is 0. The molecule has 106 valence electrons. The predicted octanol–water partition coefficient (Wildman–Crippen LogP) is 1.75. The number of anilines is 1. The van der Waals surface area contributed by atoms with Crippen LogP contribution in [0.25, 0.3) is 5.00 Å². The third-order valence-corrected chi connectivity index (χ3v) is 4.39. The molecule has 0 radical (unpaired) electrons. The molecule has 3 heterocycles. The van der Waals surface area contributed by atoms with Crippen molar-refractivity contribution in [3.05, 3.63) is 39.9 Å². The highest BCUT2D eigenvalue weighted by atomic mass is 32.1. The summed E-state index contributed by atoms with van der Waals surface area (Å²) in [6.07, 6.45) is 3.64. The summed E-state index contributed by atoms with van der Waals surface area (Å²) in [5, 5.41) is 1.82. The second-order valence-corrected chi connectivity index (χ2v) is 5.94. The van der Waals surface area contributed by atoms with Crippen molar-refractivity contribution in [2.45, 2.75) is 13.8 Å². The molecule has 1 aliphatic rings. The Morgan fingerprint density at radius 1 is 1.30 bits per heavy atom. The topological polar surface area (TPSA) is 47.4 Å². The van der Waals surface area contributed by atoms with Crippen LogP contribution in [0.3, 0.4) is 0 Å². The lowest BCUT2D eigenvalue weighted by Gasteiger charge is -2.25. The fourth-order valence-corrected chi connectivity index (χ4v) is 3.27. The molecule has 0 atom stereocenters. The third kappa shape index (κ3) is 2.48. The Hall–Kier alpha value is -1.66. The van der Waals surface area contributed by atoms with Gasteiger partial charge in [-0.3, -0.25) is 9.36 Å². The van der Waals surface area contributed by atoms with E-state index >= 15 is 0 Å². The molecule has 0 amide bonds. The summed E-state index contributed by atoms with van der Waals surface area (Å²) in [7, 11) is 0. The van der Waals surface area contributed by atoms with E-state index in [1.54, 1.807) is 22.1 Å². The van der Waals surface area contributed by atoms with E-state index in [0.29, 0.717) is 0 Å². The van der Waals surface area contributed by atoms with Gasteiger partial charge in [-0.05, 0) is 25.5 Å². The van der Waals surface area contributed by atoms with Crippen LogP contribution in [0.15, 0.2) is 23.3 Å². The number of rotatable bonds is 2. The molecule has 0 aliphatic carbocycles. The Morgan fingerprint density at radius 2 is 2.05 bits per heavy atom. The van der Waals surface area contributed by atoms with Crippen molar-refractivity contribution in [3.8, 4) is 5.00 Å². The minimum atomic E-state index is 0.0211. The Kier molecular flexibility index (Phi) is 3.58. The molecule has 5 nitrogen and oxygen atoms in total. The number of thiazole rings is 1. The molecule has 0 spiro atoms. The van der Waals surface area contributed by atoms with E-state index in [1.807, 2.05) is 26.1 Å². The maximum atomic E-state index is 12.2. The molecule has 2 aromatic rings. The number of pyridine rings is 1. The van der Waals surface area contributed by atoms with Gasteiger partial charge in [-0.15, -0.1) is 0 Å². The number of hydrogen-bond acceptors (Lipinski definition) is 5. The molecule has 1 saturated heterocycles. The van der Waals surface area contributed by atoms with Gasteiger partial charge < -0.3 is 9.64 Å². The number of ether oxygens (including phenoxy) is 1. The van der Waals surface area contributed by atoms with Gasteiger partial charge in [0.05, 0.1) is 19.4 Å². The first-order valence-corrected chi connectivity index (χ1v) is 7.45. The van der Waals surface area contributed by atoms with Gasteiger partial charge in [-0.2, -0.15) is 0 Å². The van der Waals surface area contributed by atoms with Crippen LogP contribution >= 0.6 is 11.3 Å². The minimum absolute atomic E-state index is 0.0211. The van der Waals surface area contributed by atoms with Crippen molar-refractivity contribution >= 4 is 16.5 Å². The summed E-state index contributed by atoms with van der Waals surface area (Å²) in [5.41, 5.74) is 1.85. The van der Waals surface area contributed by atoms with Gasteiger partial charge in [0.2, 0.25) is 0 Å². The Morgan fingerprint density at radius 3 is 2.80 bits per heavy atom. The van der Waals surface area contributed by atoms with Crippen LogP contribution in [0.2, 0.25) is 0 Å². The van der Waals surface area contributed by atoms with Crippen LogP contribution in [0.1, 0.15) is 11.1 Å². The average molecular weight is 291 g/mol. The highest BCUT2D eigenvalue weighted by Gasteiger charge is 2.16. The molecule has 0 N–H and O–H groups in total. The Labute approximate surface area is 121 Å². The SMILES string of the molecule is Cc1cc(C)c(=O)n(-c2cnc(N3CCOCC3)s2)c1. The molecule has 0 unspecified atom stereocenters. The second kappa shape index (κ2) is 5.38. The molecule has 0 bridgehead atoms. The Balaban J connectivity index is 1.96. The first-order valence-electron chi connectivity index (χ1n) is 6.64. The number of aromatic nitrogens is 2. The van der Waals surface area contributed by atoms with E-state index < -0.39 is 0 Å². The van der Waals surface area contributed by atoms with Gasteiger partial charge in [0.15, 0.2) is 5.13 Å². The van der Waals surface area contributed by atoms with Crippen LogP contribution in [-0.4, -0.2) is 35.9 Å². The van der Waals surface area contributed by atoms with E-state index in [2.05, 4.69) is 9.88 Å². The normalized spacial score (nSPS) is 15.6. The molecular weight excluding hydrogens is 274 g/mol.